The van der Waals surface area contributed by atoms with Crippen LogP contribution in [0.2, 0.25) is 0 Å². The molecule has 1 aromatic heterocycles. The summed E-state index contributed by atoms with van der Waals surface area (Å²) in [5, 5.41) is 0.582. The van der Waals surface area contributed by atoms with E-state index in [1.807, 2.05) is 0 Å². The van der Waals surface area contributed by atoms with Crippen LogP contribution in [0.5, 0.6) is 0 Å². The van der Waals surface area contributed by atoms with Crippen molar-refractivity contribution in [3.63, 3.8) is 0 Å². The van der Waals surface area contributed by atoms with Crippen LogP contribution in [0, 0.1) is 4.77 Å². The Morgan fingerprint density at radius 3 is 2.55 bits per heavy atom. The minimum Gasteiger partial charge on any atom is -0.316 e. The molecule has 0 N–H and O–H groups in total. The zero-order chi connectivity index (χ0) is 8.59. The van der Waals surface area contributed by atoms with Gasteiger partial charge < -0.3 is 4.57 Å². The number of nitrogens with zero attached hydrogens (tertiary/aromatic N) is 2. The largest absolute Gasteiger partial charge is 0.316 e. The Bertz CT molecular complexity index is 391. The van der Waals surface area contributed by atoms with Crippen molar-refractivity contribution in [1.82, 2.24) is 9.13 Å². The summed E-state index contributed by atoms with van der Waals surface area (Å²) in [6.07, 6.45) is 0. The highest BCUT2D eigenvalue weighted by molar-refractivity contribution is 7.80. The quantitative estimate of drug-likeness (QED) is 0.369. The molecule has 3 nitrogen and oxygen atoms in total. The molecular formula is C6H8N2OS2. The van der Waals surface area contributed by atoms with Gasteiger partial charge in [-0.2, -0.15) is 0 Å². The van der Waals surface area contributed by atoms with Gasteiger partial charge in [-0.05, 0) is 12.2 Å². The summed E-state index contributed by atoms with van der Waals surface area (Å²) in [4.78, 5) is 11.0. The smallest absolute Gasteiger partial charge is 0.255 e. The van der Waals surface area contributed by atoms with Crippen molar-refractivity contribution >= 4 is 24.8 Å². The summed E-state index contributed by atoms with van der Waals surface area (Å²) in [5.74, 6) is 0. The lowest BCUT2D eigenvalue weighted by Crippen LogP contribution is -2.20. The third-order valence-corrected chi connectivity index (χ3v) is 2.48. The van der Waals surface area contributed by atoms with Crippen LogP contribution in [0.3, 0.4) is 0 Å². The van der Waals surface area contributed by atoms with E-state index >= 15 is 0 Å². The van der Waals surface area contributed by atoms with Crippen LogP contribution >= 0.6 is 24.8 Å². The van der Waals surface area contributed by atoms with Gasteiger partial charge in [-0.3, -0.25) is 9.36 Å². The first-order valence-electron chi connectivity index (χ1n) is 3.00. The molecule has 0 bridgehead atoms. The number of aromatic nitrogens is 2. The maximum Gasteiger partial charge on any atom is 0.255 e. The first-order chi connectivity index (χ1) is 5.04. The predicted molar refractivity (Wildman–Crippen MR) is 48.7 cm³/mol. The minimum atomic E-state index is -0.127. The molecule has 0 unspecified atom stereocenters. The van der Waals surface area contributed by atoms with Crippen LogP contribution in [-0.2, 0) is 14.1 Å². The van der Waals surface area contributed by atoms with Gasteiger partial charge in [0.25, 0.3) is 5.56 Å². The molecule has 0 aliphatic heterocycles. The van der Waals surface area contributed by atoms with E-state index in [-0.39, 0.29) is 5.56 Å². The molecule has 0 aromatic carbocycles. The second kappa shape index (κ2) is 2.83. The summed E-state index contributed by atoms with van der Waals surface area (Å²) < 4.78 is 3.54. The zero-order valence-electron chi connectivity index (χ0n) is 6.24. The molecule has 11 heavy (non-hydrogen) atoms. The molecule has 60 valence electrons. The van der Waals surface area contributed by atoms with E-state index in [0.717, 1.165) is 0 Å². The highest BCUT2D eigenvalue weighted by Gasteiger charge is 1.97. The first-order valence-corrected chi connectivity index (χ1v) is 3.85. The second-order valence-corrected chi connectivity index (χ2v) is 3.06. The fourth-order valence-corrected chi connectivity index (χ4v) is 1.18. The molecule has 0 saturated carbocycles. The fourth-order valence-electron chi connectivity index (χ4n) is 0.721. The van der Waals surface area contributed by atoms with E-state index in [0.29, 0.717) is 9.80 Å². The number of hydrogen-bond donors (Lipinski definition) is 1. The number of thiol groups is 1. The van der Waals surface area contributed by atoms with E-state index in [1.165, 1.54) is 10.6 Å². The molecule has 0 atom stereocenters. The van der Waals surface area contributed by atoms with Gasteiger partial charge in [0.15, 0.2) is 4.77 Å². The van der Waals surface area contributed by atoms with Crippen molar-refractivity contribution in [2.75, 3.05) is 0 Å². The van der Waals surface area contributed by atoms with Crippen LogP contribution in [0.1, 0.15) is 0 Å². The van der Waals surface area contributed by atoms with Crippen LogP contribution in [-0.4, -0.2) is 9.13 Å². The molecule has 0 spiro atoms. The van der Waals surface area contributed by atoms with Gasteiger partial charge in [0.05, 0.1) is 5.03 Å². The Balaban J connectivity index is 3.74. The van der Waals surface area contributed by atoms with Gasteiger partial charge in [-0.15, -0.1) is 12.6 Å². The van der Waals surface area contributed by atoms with Crippen molar-refractivity contribution in [1.29, 1.82) is 0 Å². The summed E-state index contributed by atoms with van der Waals surface area (Å²) in [7, 11) is 3.40. The molecular weight excluding hydrogens is 180 g/mol. The van der Waals surface area contributed by atoms with Crippen molar-refractivity contribution in [2.45, 2.75) is 5.03 Å². The Hall–Kier alpha value is -0.550. The van der Waals surface area contributed by atoms with E-state index < -0.39 is 0 Å². The molecule has 1 aromatic rings. The average Bonchev–Trinajstić information content (AvgIpc) is 1.97. The van der Waals surface area contributed by atoms with Crippen molar-refractivity contribution in [2.24, 2.45) is 14.1 Å². The lowest BCUT2D eigenvalue weighted by molar-refractivity contribution is 0.666. The lowest BCUT2D eigenvalue weighted by Gasteiger charge is -2.05. The van der Waals surface area contributed by atoms with Crippen LogP contribution in [0.15, 0.2) is 15.9 Å². The Kier molecular flexibility index (Phi) is 2.20. The summed E-state index contributed by atoms with van der Waals surface area (Å²) in [6, 6.07) is 1.43. The number of rotatable bonds is 0. The third kappa shape index (κ3) is 1.39. The molecule has 0 aliphatic carbocycles. The van der Waals surface area contributed by atoms with E-state index in [2.05, 4.69) is 12.6 Å². The van der Waals surface area contributed by atoms with E-state index in [1.54, 1.807) is 18.7 Å². The summed E-state index contributed by atoms with van der Waals surface area (Å²) in [6.45, 7) is 0. The third-order valence-electron chi connectivity index (χ3n) is 1.50. The van der Waals surface area contributed by atoms with E-state index in [4.69, 9.17) is 12.2 Å². The highest BCUT2D eigenvalue weighted by atomic mass is 32.1. The zero-order valence-corrected chi connectivity index (χ0v) is 7.95. The second-order valence-electron chi connectivity index (χ2n) is 2.24. The number of hydrogen-bond acceptors (Lipinski definition) is 3. The molecule has 1 heterocycles. The Labute approximate surface area is 74.7 Å². The van der Waals surface area contributed by atoms with Gasteiger partial charge in [-0.1, -0.05) is 0 Å². The van der Waals surface area contributed by atoms with E-state index in [9.17, 15) is 4.79 Å². The normalized spacial score (nSPS) is 10.1. The summed E-state index contributed by atoms with van der Waals surface area (Å²) in [5.41, 5.74) is -0.127. The Morgan fingerprint density at radius 1 is 1.45 bits per heavy atom. The molecule has 0 amide bonds. The van der Waals surface area contributed by atoms with Gasteiger partial charge >= 0.3 is 0 Å². The van der Waals surface area contributed by atoms with Crippen molar-refractivity contribution < 1.29 is 0 Å². The monoisotopic (exact) mass is 188 g/mol. The molecule has 5 heteroatoms. The lowest BCUT2D eigenvalue weighted by atomic mass is 10.6. The van der Waals surface area contributed by atoms with Crippen LogP contribution < -0.4 is 5.56 Å². The van der Waals surface area contributed by atoms with Crippen LogP contribution in [0.25, 0.3) is 0 Å². The topological polar surface area (TPSA) is 26.9 Å². The van der Waals surface area contributed by atoms with Crippen molar-refractivity contribution in [3.8, 4) is 0 Å². The molecule has 0 radical (unpaired) electrons. The maximum absolute atomic E-state index is 11.0. The van der Waals surface area contributed by atoms with Gasteiger partial charge in [0.1, 0.15) is 0 Å². The van der Waals surface area contributed by atoms with Gasteiger partial charge in [0.2, 0.25) is 0 Å². The standard InChI is InChI=1S/C6H8N2OS2/c1-7-4(9)3-5(10)8(2)6(7)11/h3,10H,1-2H3. The minimum absolute atomic E-state index is 0.127. The highest BCUT2D eigenvalue weighted by Crippen LogP contribution is 1.99. The maximum atomic E-state index is 11.0. The van der Waals surface area contributed by atoms with Gasteiger partial charge in [-0.25, -0.2) is 0 Å². The van der Waals surface area contributed by atoms with Crippen molar-refractivity contribution in [3.05, 3.63) is 21.2 Å². The Morgan fingerprint density at radius 2 is 2.00 bits per heavy atom. The molecule has 1 rings (SSSR count). The SMILES string of the molecule is Cn1c(S)cc(=O)n(C)c1=S. The fraction of sp³-hybridized carbons (Fsp3) is 0.333. The molecule has 0 fully saturated rings. The summed E-state index contributed by atoms with van der Waals surface area (Å²) >= 11 is 9.01. The van der Waals surface area contributed by atoms with Crippen LogP contribution in [0.4, 0.5) is 0 Å². The van der Waals surface area contributed by atoms with Gasteiger partial charge in [0, 0.05) is 20.2 Å². The molecule has 0 aliphatic rings. The molecule has 0 saturated heterocycles. The predicted octanol–water partition coefficient (Wildman–Crippen LogP) is 0.742. The first kappa shape index (κ1) is 8.55. The average molecular weight is 188 g/mol.